The van der Waals surface area contributed by atoms with Crippen LogP contribution in [0.1, 0.15) is 0 Å². The Labute approximate surface area is 166 Å². The molecular weight excluding hydrogens is 534 g/mol. The summed E-state index contributed by atoms with van der Waals surface area (Å²) in [6.45, 7) is 0. The number of nitrogens with zero attached hydrogens (tertiary/aromatic N) is 8. The molecule has 0 saturated carbocycles. The van der Waals surface area contributed by atoms with Crippen molar-refractivity contribution in [2.24, 2.45) is 5.10 Å². The number of hydrazone groups is 1. The Morgan fingerprint density at radius 1 is 1.11 bits per heavy atom. The molecule has 1 radical (unpaired) electrons. The molecule has 4 rings (SSSR count). The van der Waals surface area contributed by atoms with E-state index < -0.39 is 11.9 Å². The SMILES string of the molecule is C[N+]1=C=[N+](c2[c-]ccnc2)N=C1.Fc1c[c-]c(-c2ncncn2)c(F)n1.[Ir]. The predicted molar refractivity (Wildman–Crippen MR) is 84.5 cm³/mol. The van der Waals surface area contributed by atoms with Crippen molar-refractivity contribution in [1.29, 1.82) is 0 Å². The van der Waals surface area contributed by atoms with E-state index >= 15 is 0 Å². The summed E-state index contributed by atoms with van der Waals surface area (Å²) >= 11 is 0. The van der Waals surface area contributed by atoms with Crippen molar-refractivity contribution >= 4 is 18.0 Å². The van der Waals surface area contributed by atoms with E-state index in [4.69, 9.17) is 0 Å². The van der Waals surface area contributed by atoms with E-state index in [2.05, 4.69) is 48.2 Å². The summed E-state index contributed by atoms with van der Waals surface area (Å²) in [5.74, 6) is -1.85. The van der Waals surface area contributed by atoms with Crippen LogP contribution in [0.4, 0.5) is 14.5 Å². The first-order valence-electron chi connectivity index (χ1n) is 7.14. The van der Waals surface area contributed by atoms with Gasteiger partial charge in [0.2, 0.25) is 5.10 Å². The molecule has 137 valence electrons. The fourth-order valence-electron chi connectivity index (χ4n) is 1.78. The molecule has 0 spiro atoms. The van der Waals surface area contributed by atoms with Crippen LogP contribution in [0, 0.1) is 24.0 Å². The number of pyridine rings is 2. The molecule has 0 bridgehead atoms. The van der Waals surface area contributed by atoms with Crippen molar-refractivity contribution in [3.63, 3.8) is 0 Å². The summed E-state index contributed by atoms with van der Waals surface area (Å²) in [5, 5.41) is 4.04. The monoisotopic (exact) mass is 545 g/mol. The summed E-state index contributed by atoms with van der Waals surface area (Å²) in [7, 11) is 1.86. The zero-order valence-corrected chi connectivity index (χ0v) is 16.1. The zero-order valence-electron chi connectivity index (χ0n) is 13.7. The van der Waals surface area contributed by atoms with Gasteiger partial charge in [0.15, 0.2) is 0 Å². The molecule has 0 atom stereocenters. The summed E-state index contributed by atoms with van der Waals surface area (Å²) in [4.78, 5) is 17.9. The molecule has 0 aromatic carbocycles. The van der Waals surface area contributed by atoms with Crippen molar-refractivity contribution < 1.29 is 38.1 Å². The molecule has 27 heavy (non-hydrogen) atoms. The van der Waals surface area contributed by atoms with Gasteiger partial charge in [-0.1, -0.05) is 17.8 Å². The Balaban J connectivity index is 0.000000189. The minimum absolute atomic E-state index is 0. The first-order chi connectivity index (χ1) is 12.6. The molecule has 0 amide bonds. The van der Waals surface area contributed by atoms with Gasteiger partial charge in [-0.15, -0.1) is 16.7 Å². The van der Waals surface area contributed by atoms with Crippen molar-refractivity contribution in [3.05, 3.63) is 61.2 Å². The molecule has 0 fully saturated rings. The van der Waals surface area contributed by atoms with Crippen LogP contribution < -0.4 is 0 Å². The molecule has 1 aliphatic rings. The van der Waals surface area contributed by atoms with E-state index in [0.29, 0.717) is 0 Å². The van der Waals surface area contributed by atoms with Gasteiger partial charge in [-0.05, 0) is 6.20 Å². The van der Waals surface area contributed by atoms with Gasteiger partial charge in [-0.3, -0.25) is 15.0 Å². The number of halogens is 2. The van der Waals surface area contributed by atoms with E-state index in [-0.39, 0.29) is 31.5 Å². The second-order valence-corrected chi connectivity index (χ2v) is 4.73. The van der Waals surface area contributed by atoms with Crippen molar-refractivity contribution in [2.75, 3.05) is 7.05 Å². The van der Waals surface area contributed by atoms with Crippen LogP contribution in [0.3, 0.4) is 0 Å². The molecule has 0 unspecified atom stereocenters. The average Bonchev–Trinajstić information content (AvgIpc) is 3.10. The van der Waals surface area contributed by atoms with Crippen molar-refractivity contribution in [1.82, 2.24) is 24.9 Å². The van der Waals surface area contributed by atoms with Gasteiger partial charge < -0.3 is 4.98 Å². The smallest absolute Gasteiger partial charge is 0.386 e. The van der Waals surface area contributed by atoms with Crippen LogP contribution >= 0.6 is 0 Å². The van der Waals surface area contributed by atoms with Gasteiger partial charge >= 0.3 is 12.3 Å². The first kappa shape index (κ1) is 20.2. The minimum Gasteiger partial charge on any atom is -0.386 e. The Morgan fingerprint density at radius 3 is 2.48 bits per heavy atom. The van der Waals surface area contributed by atoms with E-state index in [1.807, 2.05) is 7.05 Å². The minimum atomic E-state index is -0.990. The fraction of sp³-hybridized carbons (Fsp3) is 0.0625. The van der Waals surface area contributed by atoms with Gasteiger partial charge in [0, 0.05) is 20.1 Å². The second-order valence-electron chi connectivity index (χ2n) is 4.73. The summed E-state index contributed by atoms with van der Waals surface area (Å²) in [5.41, 5.74) is 0.715. The molecule has 0 aliphatic carbocycles. The number of rotatable bonds is 2. The van der Waals surface area contributed by atoms with Crippen molar-refractivity contribution in [3.8, 4) is 11.4 Å². The van der Waals surface area contributed by atoms with Crippen LogP contribution in [0.5, 0.6) is 0 Å². The van der Waals surface area contributed by atoms with E-state index in [1.54, 1.807) is 34.1 Å². The number of hydrogen-bond acceptors (Lipinski definition) is 6. The van der Waals surface area contributed by atoms with Gasteiger partial charge in [-0.25, -0.2) is 13.8 Å². The molecule has 3 aromatic rings. The van der Waals surface area contributed by atoms with E-state index in [9.17, 15) is 8.78 Å². The average molecular weight is 545 g/mol. The third-order valence-corrected chi connectivity index (χ3v) is 2.87. The van der Waals surface area contributed by atoms with Gasteiger partial charge in [0.05, 0.1) is 10.5 Å². The van der Waals surface area contributed by atoms with Crippen LogP contribution in [-0.2, 0) is 20.1 Å². The Morgan fingerprint density at radius 2 is 1.89 bits per heavy atom. The predicted octanol–water partition coefficient (Wildman–Crippen LogP) is 1.31. The fourth-order valence-corrected chi connectivity index (χ4v) is 1.78. The molecule has 3 aromatic heterocycles. The van der Waals surface area contributed by atoms with Crippen LogP contribution in [0.25, 0.3) is 11.4 Å². The second kappa shape index (κ2) is 9.53. The van der Waals surface area contributed by atoms with E-state index in [1.165, 1.54) is 12.7 Å². The van der Waals surface area contributed by atoms with E-state index in [0.717, 1.165) is 11.8 Å². The summed E-state index contributed by atoms with van der Waals surface area (Å²) in [6, 6.07) is 11.0. The maximum atomic E-state index is 13.1. The normalized spacial score (nSPS) is 11.7. The van der Waals surface area contributed by atoms with Crippen LogP contribution in [-0.4, -0.2) is 53.6 Å². The summed E-state index contributed by atoms with van der Waals surface area (Å²) < 4.78 is 28.8. The van der Waals surface area contributed by atoms with Crippen LogP contribution in [0.15, 0.2) is 42.3 Å². The maximum Gasteiger partial charge on any atom is 0.420 e. The molecule has 1 aliphatic heterocycles. The Bertz CT molecular complexity index is 1010. The zero-order chi connectivity index (χ0) is 18.4. The standard InChI is InChI=1S/C8H3F2N4.C8H7N4.Ir/c9-6-2-1-5(7(10)14-6)8-12-3-11-4-13-8;1-11-6-10-12(7-11)8-3-2-4-9-5-8;/h2-4H;2,4-6H,1H3;/q-1;+1;. The molecule has 4 heterocycles. The quantitative estimate of drug-likeness (QED) is 0.276. The largest absolute Gasteiger partial charge is 0.420 e. The van der Waals surface area contributed by atoms with Gasteiger partial charge in [-0.2, -0.15) is 6.07 Å². The number of hydrogen-bond donors (Lipinski definition) is 0. The van der Waals surface area contributed by atoms with Crippen molar-refractivity contribution in [2.45, 2.75) is 0 Å². The third kappa shape index (κ3) is 5.42. The Hall–Kier alpha value is -3.13. The third-order valence-electron chi connectivity index (χ3n) is 2.87. The molecule has 0 saturated heterocycles. The topological polar surface area (TPSA) is 82.8 Å². The molecule has 11 heteroatoms. The Kier molecular flexibility index (Phi) is 7.13. The molecule has 0 N–H and O–H groups in total. The molecular formula is C16H10F2IrN8. The van der Waals surface area contributed by atoms with Crippen LogP contribution in [0.2, 0.25) is 0 Å². The summed E-state index contributed by atoms with van der Waals surface area (Å²) in [6.07, 6.45) is 7.44. The number of aromatic nitrogens is 5. The first-order valence-corrected chi connectivity index (χ1v) is 7.14. The van der Waals surface area contributed by atoms with Gasteiger partial charge in [0.1, 0.15) is 37.3 Å². The van der Waals surface area contributed by atoms with Gasteiger partial charge in [0.25, 0.3) is 0 Å². The maximum absolute atomic E-state index is 13.1. The molecule has 8 nitrogen and oxygen atoms in total.